The van der Waals surface area contributed by atoms with Crippen molar-refractivity contribution in [1.82, 2.24) is 0 Å². The number of nitrogens with two attached hydrogens (primary N) is 1. The van der Waals surface area contributed by atoms with E-state index in [1.54, 1.807) is 0 Å². The van der Waals surface area contributed by atoms with E-state index < -0.39 is 29.6 Å². The van der Waals surface area contributed by atoms with Gasteiger partial charge in [-0.2, -0.15) is 0 Å². The zero-order valence-electron chi connectivity index (χ0n) is 9.57. The Morgan fingerprint density at radius 1 is 1.17 bits per heavy atom. The molecule has 0 spiro atoms. The fraction of sp³-hybridized carbons (Fsp3) is 0.500. The normalized spacial score (nSPS) is 18.7. The van der Waals surface area contributed by atoms with Crippen LogP contribution in [0.2, 0.25) is 0 Å². The minimum atomic E-state index is -1.51. The molecule has 0 radical (unpaired) electrons. The summed E-state index contributed by atoms with van der Waals surface area (Å²) in [6.45, 7) is 0. The molecule has 1 saturated carbocycles. The lowest BCUT2D eigenvalue weighted by atomic mass is 9.77. The summed E-state index contributed by atoms with van der Waals surface area (Å²) in [6.07, 6.45) is 1.91. The maximum absolute atomic E-state index is 13.0. The van der Waals surface area contributed by atoms with Gasteiger partial charge in [0.2, 0.25) is 0 Å². The summed E-state index contributed by atoms with van der Waals surface area (Å²) in [4.78, 5) is 0. The van der Waals surface area contributed by atoms with Gasteiger partial charge in [0.1, 0.15) is 0 Å². The Bertz CT molecular complexity index is 403. The second-order valence-corrected chi connectivity index (χ2v) is 4.51. The summed E-state index contributed by atoms with van der Waals surface area (Å²) in [6, 6.07) is 0.792. The maximum Gasteiger partial charge on any atom is 0.194 e. The number of hydrogen-bond acceptors (Lipinski definition) is 2. The van der Waals surface area contributed by atoms with Crippen LogP contribution in [0.25, 0.3) is 0 Å². The number of aliphatic hydroxyl groups excluding tert-OH is 1. The van der Waals surface area contributed by atoms with E-state index in [9.17, 15) is 18.3 Å². The lowest BCUT2D eigenvalue weighted by Crippen LogP contribution is -2.36. The predicted molar refractivity (Wildman–Crippen MR) is 63.8 cm³/mol. The molecule has 3 N–H and O–H groups in total. The van der Waals surface area contributed by atoms with E-state index >= 15 is 0 Å². The van der Waals surface area contributed by atoms with Crippen LogP contribution in [0.3, 0.4) is 0 Å². The van der Waals surface area contributed by atoms with Crippen LogP contribution in [-0.2, 0) is 0 Å². The highest BCUT2D eigenvalue weighted by atomic mass is 35.5. The molecule has 18 heavy (non-hydrogen) atoms. The van der Waals surface area contributed by atoms with Gasteiger partial charge in [0.15, 0.2) is 17.5 Å². The van der Waals surface area contributed by atoms with Crippen molar-refractivity contribution in [2.75, 3.05) is 0 Å². The van der Waals surface area contributed by atoms with Crippen LogP contribution >= 0.6 is 12.4 Å². The van der Waals surface area contributed by atoms with Gasteiger partial charge >= 0.3 is 0 Å². The Hall–Kier alpha value is -0.780. The number of halogens is 4. The van der Waals surface area contributed by atoms with Gasteiger partial charge in [-0.1, -0.05) is 6.42 Å². The van der Waals surface area contributed by atoms with E-state index in [2.05, 4.69) is 0 Å². The van der Waals surface area contributed by atoms with Crippen LogP contribution in [0.4, 0.5) is 13.2 Å². The van der Waals surface area contributed by atoms with E-state index in [0.717, 1.165) is 31.4 Å². The minimum Gasteiger partial charge on any atom is -0.391 e. The van der Waals surface area contributed by atoms with Gasteiger partial charge in [-0.25, -0.2) is 13.2 Å². The third-order valence-electron chi connectivity index (χ3n) is 3.39. The van der Waals surface area contributed by atoms with Crippen LogP contribution in [-0.4, -0.2) is 11.2 Å². The average molecular weight is 282 g/mol. The first-order chi connectivity index (χ1) is 8.00. The molecule has 2 rings (SSSR count). The van der Waals surface area contributed by atoms with Crippen LogP contribution in [0.15, 0.2) is 12.1 Å². The van der Waals surface area contributed by atoms with Crippen molar-refractivity contribution in [2.45, 2.75) is 31.4 Å². The molecule has 0 bridgehead atoms. The molecule has 0 amide bonds. The van der Waals surface area contributed by atoms with E-state index in [1.807, 2.05) is 0 Å². The fourth-order valence-electron chi connectivity index (χ4n) is 2.04. The summed E-state index contributed by atoms with van der Waals surface area (Å²) < 4.78 is 38.8. The first-order valence-corrected chi connectivity index (χ1v) is 5.59. The molecule has 1 fully saturated rings. The second-order valence-electron chi connectivity index (χ2n) is 4.51. The lowest BCUT2D eigenvalue weighted by molar-refractivity contribution is 0.0412. The van der Waals surface area contributed by atoms with Crippen LogP contribution < -0.4 is 5.73 Å². The van der Waals surface area contributed by atoms with Crippen molar-refractivity contribution >= 4 is 12.4 Å². The molecule has 0 aromatic heterocycles. The van der Waals surface area contributed by atoms with E-state index in [4.69, 9.17) is 5.73 Å². The van der Waals surface area contributed by atoms with Gasteiger partial charge < -0.3 is 10.8 Å². The summed E-state index contributed by atoms with van der Waals surface area (Å²) in [5.74, 6) is -4.01. The molecular weight excluding hydrogens is 267 g/mol. The summed E-state index contributed by atoms with van der Waals surface area (Å²) >= 11 is 0. The SMILES string of the molecule is Cl.N[C@H](c1cc(F)c(F)c(F)c1)[C@@H](O)C1CCC1. The molecule has 102 valence electrons. The second kappa shape index (κ2) is 5.91. The highest BCUT2D eigenvalue weighted by Crippen LogP contribution is 2.34. The molecule has 0 heterocycles. The van der Waals surface area contributed by atoms with Gasteiger partial charge in [-0.3, -0.25) is 0 Å². The Kier molecular flexibility index (Phi) is 5.01. The Morgan fingerprint density at radius 3 is 2.06 bits per heavy atom. The molecule has 0 aliphatic heterocycles. The van der Waals surface area contributed by atoms with Crippen molar-refractivity contribution < 1.29 is 18.3 Å². The van der Waals surface area contributed by atoms with Crippen LogP contribution in [0, 0.1) is 23.4 Å². The smallest absolute Gasteiger partial charge is 0.194 e. The molecule has 1 aliphatic rings. The van der Waals surface area contributed by atoms with Gasteiger partial charge in [-0.15, -0.1) is 12.4 Å². The number of aliphatic hydroxyl groups is 1. The molecule has 1 aliphatic carbocycles. The molecule has 6 heteroatoms. The average Bonchev–Trinajstić information content (AvgIpc) is 2.21. The Balaban J connectivity index is 0.00000162. The van der Waals surface area contributed by atoms with Gasteiger partial charge in [-0.05, 0) is 36.5 Å². The zero-order valence-corrected chi connectivity index (χ0v) is 10.4. The topological polar surface area (TPSA) is 46.2 Å². The van der Waals surface area contributed by atoms with Crippen molar-refractivity contribution in [3.05, 3.63) is 35.1 Å². The number of rotatable bonds is 3. The molecule has 1 aromatic rings. The zero-order chi connectivity index (χ0) is 12.6. The third-order valence-corrected chi connectivity index (χ3v) is 3.39. The summed E-state index contributed by atoms with van der Waals surface area (Å²) in [7, 11) is 0. The highest BCUT2D eigenvalue weighted by molar-refractivity contribution is 5.85. The van der Waals surface area contributed by atoms with Crippen molar-refractivity contribution in [3.63, 3.8) is 0 Å². The first-order valence-electron chi connectivity index (χ1n) is 5.59. The summed E-state index contributed by atoms with van der Waals surface area (Å²) in [5.41, 5.74) is 5.82. The molecule has 2 atom stereocenters. The fourth-order valence-corrected chi connectivity index (χ4v) is 2.04. The van der Waals surface area contributed by atoms with E-state index in [-0.39, 0.29) is 23.9 Å². The van der Waals surface area contributed by atoms with Gasteiger partial charge in [0.05, 0.1) is 12.1 Å². The standard InChI is InChI=1S/C12H14F3NO.ClH/c13-8-4-7(5-9(14)10(8)15)11(16)12(17)6-2-1-3-6;/h4-6,11-12,17H,1-3,16H2;1H/t11-,12+;/m1./s1. The summed E-state index contributed by atoms with van der Waals surface area (Å²) in [5, 5.41) is 9.88. The van der Waals surface area contributed by atoms with Crippen LogP contribution in [0.5, 0.6) is 0 Å². The Morgan fingerprint density at radius 2 is 1.67 bits per heavy atom. The van der Waals surface area contributed by atoms with Gasteiger partial charge in [0.25, 0.3) is 0 Å². The van der Waals surface area contributed by atoms with Crippen molar-refractivity contribution in [2.24, 2.45) is 11.7 Å². The first kappa shape index (κ1) is 15.3. The molecule has 0 saturated heterocycles. The largest absolute Gasteiger partial charge is 0.391 e. The van der Waals surface area contributed by atoms with Gasteiger partial charge in [0, 0.05) is 0 Å². The predicted octanol–water partition coefficient (Wildman–Crippen LogP) is 2.69. The van der Waals surface area contributed by atoms with E-state index in [1.165, 1.54) is 0 Å². The third kappa shape index (κ3) is 2.79. The van der Waals surface area contributed by atoms with Crippen LogP contribution in [0.1, 0.15) is 30.9 Å². The number of hydrogen-bond donors (Lipinski definition) is 2. The van der Waals surface area contributed by atoms with Crippen molar-refractivity contribution in [3.8, 4) is 0 Å². The monoisotopic (exact) mass is 281 g/mol. The Labute approximate surface area is 109 Å². The number of benzene rings is 1. The highest BCUT2D eigenvalue weighted by Gasteiger charge is 2.31. The van der Waals surface area contributed by atoms with E-state index in [0.29, 0.717) is 0 Å². The lowest BCUT2D eigenvalue weighted by Gasteiger charge is -2.33. The molecule has 2 nitrogen and oxygen atoms in total. The molecular formula is C12H15ClF3NO. The maximum atomic E-state index is 13.0. The molecule has 0 unspecified atom stereocenters. The molecule has 1 aromatic carbocycles. The van der Waals surface area contributed by atoms with Crippen molar-refractivity contribution in [1.29, 1.82) is 0 Å². The quantitative estimate of drug-likeness (QED) is 0.837. The minimum absolute atomic E-state index is 0.